The molecular formula is C20H20ClN5O. The van der Waals surface area contributed by atoms with E-state index < -0.39 is 0 Å². The fraction of sp³-hybridized carbons (Fsp3) is 0.250. The largest absolute Gasteiger partial charge is 0.346 e. The van der Waals surface area contributed by atoms with Gasteiger partial charge in [0.2, 0.25) is 0 Å². The Bertz CT molecular complexity index is 1040. The Morgan fingerprint density at radius 1 is 1.37 bits per heavy atom. The van der Waals surface area contributed by atoms with Crippen molar-refractivity contribution in [2.75, 3.05) is 11.9 Å². The summed E-state index contributed by atoms with van der Waals surface area (Å²) in [7, 11) is 0. The third-order valence-electron chi connectivity index (χ3n) is 4.86. The lowest BCUT2D eigenvalue weighted by atomic mass is 9.98. The van der Waals surface area contributed by atoms with E-state index in [-0.39, 0.29) is 12.1 Å². The van der Waals surface area contributed by atoms with Gasteiger partial charge >= 0.3 is 6.03 Å². The molecule has 3 heterocycles. The number of anilines is 1. The van der Waals surface area contributed by atoms with Gasteiger partial charge in [0, 0.05) is 34.9 Å². The number of carbonyl (C=O) groups is 1. The predicted molar refractivity (Wildman–Crippen MR) is 108 cm³/mol. The molecular weight excluding hydrogens is 362 g/mol. The first-order valence-corrected chi connectivity index (χ1v) is 9.23. The molecule has 0 bridgehead atoms. The van der Waals surface area contributed by atoms with E-state index >= 15 is 0 Å². The molecule has 3 aromatic rings. The summed E-state index contributed by atoms with van der Waals surface area (Å²) in [6.45, 7) is 4.68. The molecule has 0 saturated carbocycles. The molecule has 7 heteroatoms. The van der Waals surface area contributed by atoms with Crippen LogP contribution in [0.3, 0.4) is 0 Å². The number of nitrogens with zero attached hydrogens (tertiary/aromatic N) is 3. The van der Waals surface area contributed by atoms with Gasteiger partial charge in [0.05, 0.1) is 5.69 Å². The standard InChI is InChI=1S/C20H20ClN5O/c1-12-10-22-19-17(12)18(23-11-24-19)14-6-7-26(13(2)8-14)20(27)25-16-5-3-4-15(21)9-16/h3-5,8-11,13H,6-7H2,1-2H3,(H,25,27)(H,22,23,24). The number of aromatic amines is 1. The van der Waals surface area contributed by atoms with E-state index in [1.165, 1.54) is 0 Å². The number of halogens is 1. The van der Waals surface area contributed by atoms with E-state index in [4.69, 9.17) is 11.6 Å². The maximum Gasteiger partial charge on any atom is 0.322 e. The molecule has 2 amide bonds. The minimum Gasteiger partial charge on any atom is -0.346 e. The maximum atomic E-state index is 12.7. The van der Waals surface area contributed by atoms with E-state index in [1.54, 1.807) is 18.5 Å². The summed E-state index contributed by atoms with van der Waals surface area (Å²) in [6, 6.07) is 6.98. The van der Waals surface area contributed by atoms with Gasteiger partial charge in [0.1, 0.15) is 12.0 Å². The van der Waals surface area contributed by atoms with Crippen LogP contribution < -0.4 is 5.32 Å². The highest BCUT2D eigenvalue weighted by molar-refractivity contribution is 6.30. The van der Waals surface area contributed by atoms with Crippen LogP contribution in [-0.4, -0.2) is 38.5 Å². The average molecular weight is 382 g/mol. The Hall–Kier alpha value is -2.86. The number of benzene rings is 1. The quantitative estimate of drug-likeness (QED) is 0.679. The average Bonchev–Trinajstić information content (AvgIpc) is 3.03. The SMILES string of the molecule is Cc1c[nH]c2ncnc(C3=CC(C)N(C(=O)Nc4cccc(Cl)c4)CC3)c12. The third kappa shape index (κ3) is 3.40. The fourth-order valence-electron chi connectivity index (χ4n) is 3.52. The second-order valence-electron chi connectivity index (χ2n) is 6.73. The highest BCUT2D eigenvalue weighted by Gasteiger charge is 2.25. The van der Waals surface area contributed by atoms with Gasteiger partial charge < -0.3 is 15.2 Å². The number of carbonyl (C=O) groups excluding carboxylic acids is 1. The van der Waals surface area contributed by atoms with Crippen LogP contribution in [-0.2, 0) is 0 Å². The zero-order chi connectivity index (χ0) is 19.0. The van der Waals surface area contributed by atoms with E-state index in [1.807, 2.05) is 37.1 Å². The Morgan fingerprint density at radius 3 is 3.00 bits per heavy atom. The number of H-pyrrole nitrogens is 1. The molecule has 1 aromatic carbocycles. The number of aryl methyl sites for hydroxylation is 1. The molecule has 0 fully saturated rings. The van der Waals surface area contributed by atoms with Crippen molar-refractivity contribution in [2.24, 2.45) is 0 Å². The van der Waals surface area contributed by atoms with Gasteiger partial charge in [-0.25, -0.2) is 14.8 Å². The summed E-state index contributed by atoms with van der Waals surface area (Å²) in [6.07, 6.45) is 6.37. The van der Waals surface area contributed by atoms with Crippen molar-refractivity contribution >= 4 is 39.9 Å². The van der Waals surface area contributed by atoms with Crippen LogP contribution in [0.1, 0.15) is 24.6 Å². The predicted octanol–water partition coefficient (Wildman–Crippen LogP) is 4.63. The van der Waals surface area contributed by atoms with Gasteiger partial charge in [-0.15, -0.1) is 0 Å². The molecule has 27 heavy (non-hydrogen) atoms. The Balaban J connectivity index is 1.57. The van der Waals surface area contributed by atoms with Crippen molar-refractivity contribution in [1.82, 2.24) is 19.9 Å². The number of fused-ring (bicyclic) bond motifs is 1. The molecule has 2 aromatic heterocycles. The number of amides is 2. The highest BCUT2D eigenvalue weighted by atomic mass is 35.5. The van der Waals surface area contributed by atoms with Crippen molar-refractivity contribution in [3.63, 3.8) is 0 Å². The summed E-state index contributed by atoms with van der Waals surface area (Å²) in [4.78, 5) is 26.5. The Labute approximate surface area is 162 Å². The maximum absolute atomic E-state index is 12.7. The summed E-state index contributed by atoms with van der Waals surface area (Å²) in [5, 5.41) is 4.56. The van der Waals surface area contributed by atoms with Crippen LogP contribution >= 0.6 is 11.6 Å². The minimum atomic E-state index is -0.134. The van der Waals surface area contributed by atoms with E-state index in [0.29, 0.717) is 17.3 Å². The lowest BCUT2D eigenvalue weighted by molar-refractivity contribution is 0.202. The normalized spacial score (nSPS) is 17.1. The fourth-order valence-corrected chi connectivity index (χ4v) is 3.71. The minimum absolute atomic E-state index is 0.0443. The molecule has 4 rings (SSSR count). The smallest absolute Gasteiger partial charge is 0.322 e. The third-order valence-corrected chi connectivity index (χ3v) is 5.10. The zero-order valence-electron chi connectivity index (χ0n) is 15.2. The first-order chi connectivity index (χ1) is 13.0. The van der Waals surface area contributed by atoms with Crippen LogP contribution in [0.15, 0.2) is 42.9 Å². The van der Waals surface area contributed by atoms with E-state index in [9.17, 15) is 4.79 Å². The molecule has 1 aliphatic rings. The number of urea groups is 1. The number of hydrogen-bond acceptors (Lipinski definition) is 3. The first-order valence-electron chi connectivity index (χ1n) is 8.86. The van der Waals surface area contributed by atoms with Crippen molar-refractivity contribution in [3.8, 4) is 0 Å². The zero-order valence-corrected chi connectivity index (χ0v) is 15.9. The van der Waals surface area contributed by atoms with Crippen molar-refractivity contribution in [2.45, 2.75) is 26.3 Å². The molecule has 0 spiro atoms. The molecule has 2 N–H and O–H groups in total. The van der Waals surface area contributed by atoms with Crippen LogP contribution in [0.4, 0.5) is 10.5 Å². The van der Waals surface area contributed by atoms with Gasteiger partial charge in [-0.2, -0.15) is 0 Å². The molecule has 0 radical (unpaired) electrons. The van der Waals surface area contributed by atoms with Crippen molar-refractivity contribution in [1.29, 1.82) is 0 Å². The molecule has 138 valence electrons. The summed E-state index contributed by atoms with van der Waals surface area (Å²) in [5.74, 6) is 0. The van der Waals surface area contributed by atoms with Crippen LogP contribution in [0.2, 0.25) is 5.02 Å². The van der Waals surface area contributed by atoms with Crippen LogP contribution in [0, 0.1) is 6.92 Å². The lowest BCUT2D eigenvalue weighted by Crippen LogP contribution is -2.43. The number of hydrogen-bond donors (Lipinski definition) is 2. The molecule has 1 unspecified atom stereocenters. The summed E-state index contributed by atoms with van der Waals surface area (Å²) >= 11 is 5.99. The summed E-state index contributed by atoms with van der Waals surface area (Å²) in [5.41, 5.74) is 4.74. The Kier molecular flexibility index (Phi) is 4.58. The molecule has 1 aliphatic heterocycles. The number of rotatable bonds is 2. The van der Waals surface area contributed by atoms with Gasteiger partial charge in [0.15, 0.2) is 0 Å². The number of aromatic nitrogens is 3. The number of nitrogens with one attached hydrogen (secondary N) is 2. The lowest BCUT2D eigenvalue weighted by Gasteiger charge is -2.32. The summed E-state index contributed by atoms with van der Waals surface area (Å²) < 4.78 is 0. The van der Waals surface area contributed by atoms with Crippen molar-refractivity contribution in [3.05, 3.63) is 59.1 Å². The van der Waals surface area contributed by atoms with Gasteiger partial charge in [-0.1, -0.05) is 23.7 Å². The Morgan fingerprint density at radius 2 is 2.22 bits per heavy atom. The van der Waals surface area contributed by atoms with Crippen LogP contribution in [0.5, 0.6) is 0 Å². The van der Waals surface area contributed by atoms with Gasteiger partial charge in [-0.05, 0) is 49.6 Å². The van der Waals surface area contributed by atoms with Gasteiger partial charge in [0.25, 0.3) is 0 Å². The van der Waals surface area contributed by atoms with Crippen LogP contribution in [0.25, 0.3) is 16.6 Å². The van der Waals surface area contributed by atoms with E-state index in [0.717, 1.165) is 34.3 Å². The molecule has 0 saturated heterocycles. The van der Waals surface area contributed by atoms with Gasteiger partial charge in [-0.3, -0.25) is 0 Å². The van der Waals surface area contributed by atoms with E-state index in [2.05, 4.69) is 26.3 Å². The monoisotopic (exact) mass is 381 g/mol. The molecule has 0 aliphatic carbocycles. The molecule has 1 atom stereocenters. The highest BCUT2D eigenvalue weighted by Crippen LogP contribution is 2.30. The first kappa shape index (κ1) is 17.5. The second-order valence-corrected chi connectivity index (χ2v) is 7.17. The topological polar surface area (TPSA) is 73.9 Å². The van der Waals surface area contributed by atoms with Crippen molar-refractivity contribution < 1.29 is 4.79 Å². The second kappa shape index (κ2) is 7.04. The molecule has 6 nitrogen and oxygen atoms in total.